The molecule has 37 heavy (non-hydrogen) atoms. The van der Waals surface area contributed by atoms with E-state index in [2.05, 4.69) is 191 Å². The van der Waals surface area contributed by atoms with Crippen molar-refractivity contribution in [2.45, 2.75) is 20.3 Å². The molecule has 4 aromatic carbocycles. The zero-order chi connectivity index (χ0) is 27.0. The van der Waals surface area contributed by atoms with Gasteiger partial charge in [-0.05, 0) is 212 Å². The number of halogens is 6. The molecule has 0 fully saturated rings. The fourth-order valence-electron chi connectivity index (χ4n) is 4.17. The van der Waals surface area contributed by atoms with Crippen molar-refractivity contribution < 1.29 is 0 Å². The van der Waals surface area contributed by atoms with Crippen molar-refractivity contribution in [3.05, 3.63) is 103 Å². The van der Waals surface area contributed by atoms with E-state index < -0.39 is 0 Å². The van der Waals surface area contributed by atoms with Gasteiger partial charge in [-0.3, -0.25) is 0 Å². The van der Waals surface area contributed by atoms with E-state index in [0.717, 1.165) is 28.3 Å². The molecule has 0 aromatic heterocycles. The lowest BCUT2D eigenvalue weighted by atomic mass is 9.93. The number of rotatable bonds is 4. The highest BCUT2D eigenvalue weighted by Crippen LogP contribution is 2.38. The van der Waals surface area contributed by atoms with E-state index in [4.69, 9.17) is 0 Å². The first-order chi connectivity index (χ1) is 17.6. The number of benzene rings is 4. The van der Waals surface area contributed by atoms with Gasteiger partial charge in [0, 0.05) is 21.4 Å². The third-order valence-corrected chi connectivity index (χ3v) is 15.8. The van der Waals surface area contributed by atoms with Crippen molar-refractivity contribution >= 4 is 136 Å². The van der Waals surface area contributed by atoms with Crippen LogP contribution >= 0.6 is 136 Å². The third-order valence-electron chi connectivity index (χ3n) is 6.30. The molecule has 184 valence electrons. The second-order valence-electron chi connectivity index (χ2n) is 8.40. The van der Waals surface area contributed by atoms with Crippen LogP contribution in [-0.4, -0.2) is 0 Å². The molecule has 0 aliphatic heterocycles. The van der Waals surface area contributed by atoms with Crippen LogP contribution in [0, 0.1) is 57.9 Å². The fraction of sp³-hybridized carbons (Fsp3) is 0.103. The predicted molar refractivity (Wildman–Crippen MR) is 202 cm³/mol. The molecule has 0 radical (unpaired) electrons. The van der Waals surface area contributed by atoms with Crippen LogP contribution in [0.3, 0.4) is 0 Å². The highest BCUT2D eigenvalue weighted by Gasteiger charge is 2.18. The van der Waals surface area contributed by atoms with Crippen LogP contribution in [0.5, 0.6) is 0 Å². The monoisotopic (exact) mass is 1150 g/mol. The van der Waals surface area contributed by atoms with Crippen molar-refractivity contribution in [3.8, 4) is 34.4 Å². The van der Waals surface area contributed by atoms with Gasteiger partial charge in [-0.15, -0.1) is 0 Å². The maximum absolute atomic E-state index is 9.38. The lowest BCUT2D eigenvalue weighted by Gasteiger charge is -2.17. The Kier molecular flexibility index (Phi) is 10.5. The summed E-state index contributed by atoms with van der Waals surface area (Å²) in [5.41, 5.74) is 11.1. The molecular formula is C29H16I6N2. The normalized spacial score (nSPS) is 10.8. The van der Waals surface area contributed by atoms with Gasteiger partial charge in [0.2, 0.25) is 0 Å². The van der Waals surface area contributed by atoms with E-state index in [1.807, 2.05) is 19.1 Å². The lowest BCUT2D eigenvalue weighted by Crippen LogP contribution is -2.02. The molecule has 2 nitrogen and oxygen atoms in total. The first-order valence-corrected chi connectivity index (χ1v) is 17.4. The SMILES string of the molecule is Cc1c(-c2ccc(C#N)c(C)c2I)ccc(Cc2ccc(-c3ccc(C#N)c(I)c3I)c(I)c2I)c1I. The summed E-state index contributed by atoms with van der Waals surface area (Å²) in [4.78, 5) is 0. The van der Waals surface area contributed by atoms with Crippen molar-refractivity contribution in [3.63, 3.8) is 0 Å². The Bertz CT molecular complexity index is 1540. The number of nitrogens with zero attached hydrogens (tertiary/aromatic N) is 2. The van der Waals surface area contributed by atoms with Gasteiger partial charge in [-0.2, -0.15) is 10.5 Å². The van der Waals surface area contributed by atoms with Gasteiger partial charge in [0.1, 0.15) is 6.07 Å². The van der Waals surface area contributed by atoms with E-state index in [0.29, 0.717) is 5.56 Å². The second-order valence-corrected chi connectivity index (χ2v) is 14.9. The summed E-state index contributed by atoms with van der Waals surface area (Å²) in [5, 5.41) is 18.8. The molecule has 0 spiro atoms. The first kappa shape index (κ1) is 30.2. The third kappa shape index (κ3) is 5.99. The Morgan fingerprint density at radius 2 is 0.946 bits per heavy atom. The quantitative estimate of drug-likeness (QED) is 0.191. The Morgan fingerprint density at radius 1 is 0.486 bits per heavy atom. The smallest absolute Gasteiger partial charge is 0.100 e. The van der Waals surface area contributed by atoms with Crippen LogP contribution < -0.4 is 0 Å². The van der Waals surface area contributed by atoms with Crippen molar-refractivity contribution in [1.29, 1.82) is 10.5 Å². The summed E-state index contributed by atoms with van der Waals surface area (Å²) in [7, 11) is 0. The van der Waals surface area contributed by atoms with Crippen LogP contribution in [-0.2, 0) is 6.42 Å². The molecule has 0 N–H and O–H groups in total. The molecule has 0 atom stereocenters. The van der Waals surface area contributed by atoms with Crippen LogP contribution in [0.15, 0.2) is 48.5 Å². The molecule has 0 saturated heterocycles. The average Bonchev–Trinajstić information content (AvgIpc) is 2.89. The maximum atomic E-state index is 9.38. The van der Waals surface area contributed by atoms with Gasteiger partial charge in [-0.1, -0.05) is 36.4 Å². The summed E-state index contributed by atoms with van der Waals surface area (Å²) in [6, 6.07) is 21.5. The second kappa shape index (κ2) is 12.8. The summed E-state index contributed by atoms with van der Waals surface area (Å²) in [5.74, 6) is 0. The average molecular weight is 1150 g/mol. The zero-order valence-electron chi connectivity index (χ0n) is 19.5. The standard InChI is InChI=1S/C29H16I6N2/c1-14-18(12-36)5-9-21(25(14)31)20-7-3-16(24(30)15(20)2)11-17-4-8-22(28(34)26(17)32)23-10-6-19(13-37)27(33)29(23)35/h3-10H,11H2,1-2H3. The minimum atomic E-state index is 0.717. The van der Waals surface area contributed by atoms with E-state index >= 15 is 0 Å². The highest BCUT2D eigenvalue weighted by molar-refractivity contribution is 14.1. The summed E-state index contributed by atoms with van der Waals surface area (Å²) >= 11 is 14.4. The predicted octanol–water partition coefficient (Wildman–Crippen LogP) is 10.6. The molecule has 0 saturated carbocycles. The van der Waals surface area contributed by atoms with Gasteiger partial charge in [0.15, 0.2) is 0 Å². The van der Waals surface area contributed by atoms with Crippen LogP contribution in [0.1, 0.15) is 33.4 Å². The van der Waals surface area contributed by atoms with Crippen LogP contribution in [0.2, 0.25) is 0 Å². The van der Waals surface area contributed by atoms with E-state index in [9.17, 15) is 10.5 Å². The fourth-order valence-corrected chi connectivity index (χ4v) is 8.42. The van der Waals surface area contributed by atoms with E-state index in [1.165, 1.54) is 49.7 Å². The van der Waals surface area contributed by atoms with Gasteiger partial charge in [0.05, 0.1) is 17.2 Å². The molecule has 0 aliphatic carbocycles. The number of hydrogen-bond acceptors (Lipinski definition) is 2. The van der Waals surface area contributed by atoms with Gasteiger partial charge >= 0.3 is 0 Å². The molecule has 0 aliphatic rings. The molecule has 0 heterocycles. The van der Waals surface area contributed by atoms with Gasteiger partial charge < -0.3 is 0 Å². The van der Waals surface area contributed by atoms with E-state index in [1.54, 1.807) is 0 Å². The largest absolute Gasteiger partial charge is 0.192 e. The summed E-state index contributed by atoms with van der Waals surface area (Å²) < 4.78 is 7.03. The maximum Gasteiger partial charge on any atom is 0.100 e. The summed E-state index contributed by atoms with van der Waals surface area (Å²) in [6.07, 6.45) is 0.861. The molecule has 4 rings (SSSR count). The first-order valence-electron chi connectivity index (χ1n) is 10.9. The summed E-state index contributed by atoms with van der Waals surface area (Å²) in [6.45, 7) is 4.21. The highest BCUT2D eigenvalue weighted by atomic mass is 127. The number of nitriles is 2. The van der Waals surface area contributed by atoms with Crippen LogP contribution in [0.25, 0.3) is 22.3 Å². The molecule has 4 aromatic rings. The topological polar surface area (TPSA) is 47.6 Å². The Balaban J connectivity index is 1.71. The van der Waals surface area contributed by atoms with Crippen molar-refractivity contribution in [2.24, 2.45) is 0 Å². The van der Waals surface area contributed by atoms with Gasteiger partial charge in [-0.25, -0.2) is 0 Å². The molecule has 0 amide bonds. The Morgan fingerprint density at radius 3 is 1.54 bits per heavy atom. The molecule has 8 heteroatoms. The molecule has 0 unspecified atom stereocenters. The molecule has 0 bridgehead atoms. The number of hydrogen-bond donors (Lipinski definition) is 0. The Labute approximate surface area is 299 Å². The lowest BCUT2D eigenvalue weighted by molar-refractivity contribution is 1.14. The van der Waals surface area contributed by atoms with Crippen LogP contribution in [0.4, 0.5) is 0 Å². The zero-order valence-corrected chi connectivity index (χ0v) is 32.4. The minimum Gasteiger partial charge on any atom is -0.192 e. The van der Waals surface area contributed by atoms with E-state index in [-0.39, 0.29) is 0 Å². The Hall–Kier alpha value is 0.240. The minimum absolute atomic E-state index is 0.717. The van der Waals surface area contributed by atoms with Crippen molar-refractivity contribution in [1.82, 2.24) is 0 Å². The molecular weight excluding hydrogens is 1140 g/mol. The van der Waals surface area contributed by atoms with Gasteiger partial charge in [0.25, 0.3) is 0 Å². The van der Waals surface area contributed by atoms with Crippen molar-refractivity contribution in [2.75, 3.05) is 0 Å².